The van der Waals surface area contributed by atoms with Crippen LogP contribution in [0.5, 0.6) is 0 Å². The molecule has 0 radical (unpaired) electrons. The molecule has 2 atom stereocenters. The summed E-state index contributed by atoms with van der Waals surface area (Å²) < 4.78 is 0.957. The van der Waals surface area contributed by atoms with Gasteiger partial charge in [0.1, 0.15) is 12.1 Å². The molecule has 0 aliphatic carbocycles. The van der Waals surface area contributed by atoms with Crippen LogP contribution in [0.2, 0.25) is 0 Å². The molecule has 1 aromatic rings. The van der Waals surface area contributed by atoms with E-state index in [0.29, 0.717) is 13.0 Å². The van der Waals surface area contributed by atoms with E-state index in [1.54, 1.807) is 11.8 Å². The number of benzene rings is 1. The van der Waals surface area contributed by atoms with Crippen LogP contribution in [0.25, 0.3) is 0 Å². The quantitative estimate of drug-likeness (QED) is 0.916. The van der Waals surface area contributed by atoms with Crippen LogP contribution in [0.15, 0.2) is 28.7 Å². The third-order valence-electron chi connectivity index (χ3n) is 3.62. The van der Waals surface area contributed by atoms with E-state index in [2.05, 4.69) is 21.2 Å². The van der Waals surface area contributed by atoms with Gasteiger partial charge in [0.15, 0.2) is 0 Å². The summed E-state index contributed by atoms with van der Waals surface area (Å²) in [5.74, 6) is -0.0650. The van der Waals surface area contributed by atoms with E-state index in [4.69, 9.17) is 0 Å². The molecule has 2 unspecified atom stereocenters. The van der Waals surface area contributed by atoms with Crippen molar-refractivity contribution in [3.63, 3.8) is 0 Å². The lowest BCUT2D eigenvalue weighted by molar-refractivity contribution is -0.149. The van der Waals surface area contributed by atoms with E-state index in [-0.39, 0.29) is 17.9 Å². The molecule has 20 heavy (non-hydrogen) atoms. The van der Waals surface area contributed by atoms with Crippen LogP contribution in [-0.4, -0.2) is 28.8 Å². The van der Waals surface area contributed by atoms with Crippen molar-refractivity contribution in [2.24, 2.45) is 0 Å². The number of halogens is 1. The van der Waals surface area contributed by atoms with E-state index in [9.17, 15) is 9.59 Å². The van der Waals surface area contributed by atoms with Gasteiger partial charge in [0.2, 0.25) is 11.8 Å². The molecule has 1 aliphatic rings. The van der Waals surface area contributed by atoms with Gasteiger partial charge in [-0.1, -0.05) is 47.5 Å². The Kier molecular flexibility index (Phi) is 4.81. The van der Waals surface area contributed by atoms with Crippen molar-refractivity contribution in [2.75, 3.05) is 0 Å². The van der Waals surface area contributed by atoms with Gasteiger partial charge < -0.3 is 10.2 Å². The zero-order valence-corrected chi connectivity index (χ0v) is 13.3. The number of hydrogen-bond donors (Lipinski definition) is 1. The molecule has 1 saturated heterocycles. The highest BCUT2D eigenvalue weighted by atomic mass is 79.9. The van der Waals surface area contributed by atoms with Gasteiger partial charge in [-0.2, -0.15) is 0 Å². The Morgan fingerprint density at radius 3 is 2.65 bits per heavy atom. The first-order valence-corrected chi connectivity index (χ1v) is 7.68. The standard InChI is InChI=1S/C15H19BrN2O2/c1-3-6-13-15(20)18(10(2)14(19)17-13)9-11-7-4-5-8-12(11)16/h4-5,7-8,10,13H,3,6,9H2,1-2H3,(H,17,19). The van der Waals surface area contributed by atoms with Gasteiger partial charge in [0.25, 0.3) is 0 Å². The fourth-order valence-electron chi connectivity index (χ4n) is 2.40. The minimum atomic E-state index is -0.428. The van der Waals surface area contributed by atoms with Crippen LogP contribution in [0.1, 0.15) is 32.3 Å². The first-order chi connectivity index (χ1) is 9.54. The second-order valence-electron chi connectivity index (χ2n) is 5.08. The lowest BCUT2D eigenvalue weighted by Crippen LogP contribution is -2.61. The minimum Gasteiger partial charge on any atom is -0.343 e. The van der Waals surface area contributed by atoms with Gasteiger partial charge in [0, 0.05) is 11.0 Å². The summed E-state index contributed by atoms with van der Waals surface area (Å²) in [7, 11) is 0. The molecular weight excluding hydrogens is 320 g/mol. The van der Waals surface area contributed by atoms with Gasteiger partial charge in [-0.3, -0.25) is 9.59 Å². The van der Waals surface area contributed by atoms with Crippen molar-refractivity contribution in [1.29, 1.82) is 0 Å². The van der Waals surface area contributed by atoms with Gasteiger partial charge in [0.05, 0.1) is 0 Å². The molecule has 5 heteroatoms. The minimum absolute atomic E-state index is 0.00898. The van der Waals surface area contributed by atoms with Crippen molar-refractivity contribution in [3.8, 4) is 0 Å². The zero-order chi connectivity index (χ0) is 14.7. The Bertz CT molecular complexity index is 518. The summed E-state index contributed by atoms with van der Waals surface area (Å²) in [5.41, 5.74) is 1.01. The molecule has 1 aliphatic heterocycles. The average Bonchev–Trinajstić information content (AvgIpc) is 2.43. The van der Waals surface area contributed by atoms with Crippen molar-refractivity contribution < 1.29 is 9.59 Å². The molecule has 2 rings (SSSR count). The molecule has 4 nitrogen and oxygen atoms in total. The Hall–Kier alpha value is -1.36. The largest absolute Gasteiger partial charge is 0.343 e. The van der Waals surface area contributed by atoms with Crippen LogP contribution in [-0.2, 0) is 16.1 Å². The SMILES string of the molecule is CCCC1NC(=O)C(C)N(Cc2ccccc2Br)C1=O. The lowest BCUT2D eigenvalue weighted by Gasteiger charge is -2.37. The molecule has 1 N–H and O–H groups in total. The molecule has 108 valence electrons. The normalized spacial score (nSPS) is 22.9. The van der Waals surface area contributed by atoms with E-state index in [1.165, 1.54) is 0 Å². The van der Waals surface area contributed by atoms with Crippen LogP contribution in [0, 0.1) is 0 Å². The average molecular weight is 339 g/mol. The van der Waals surface area contributed by atoms with E-state index in [1.807, 2.05) is 31.2 Å². The summed E-state index contributed by atoms with van der Waals surface area (Å²) in [6.07, 6.45) is 1.55. The number of carbonyl (C=O) groups is 2. The van der Waals surface area contributed by atoms with Gasteiger partial charge in [-0.25, -0.2) is 0 Å². The molecule has 2 amide bonds. The number of carbonyl (C=O) groups excluding carboxylic acids is 2. The van der Waals surface area contributed by atoms with Crippen molar-refractivity contribution in [1.82, 2.24) is 10.2 Å². The molecule has 1 heterocycles. The van der Waals surface area contributed by atoms with Gasteiger partial charge in [-0.05, 0) is 25.0 Å². The number of nitrogens with one attached hydrogen (secondary N) is 1. The Labute approximate surface area is 127 Å². The third kappa shape index (κ3) is 3.03. The molecule has 0 saturated carbocycles. The highest BCUT2D eigenvalue weighted by Crippen LogP contribution is 2.21. The van der Waals surface area contributed by atoms with Crippen LogP contribution >= 0.6 is 15.9 Å². The molecule has 1 aromatic carbocycles. The summed E-state index contributed by atoms with van der Waals surface area (Å²) >= 11 is 3.49. The van der Waals surface area contributed by atoms with Gasteiger partial charge in [-0.15, -0.1) is 0 Å². The fourth-order valence-corrected chi connectivity index (χ4v) is 2.81. The molecule has 0 bridgehead atoms. The first-order valence-electron chi connectivity index (χ1n) is 6.88. The second kappa shape index (κ2) is 6.39. The number of piperazine rings is 1. The lowest BCUT2D eigenvalue weighted by atomic mass is 10.0. The Morgan fingerprint density at radius 1 is 1.30 bits per heavy atom. The van der Waals surface area contributed by atoms with Crippen LogP contribution in [0.4, 0.5) is 0 Å². The topological polar surface area (TPSA) is 49.4 Å². The zero-order valence-electron chi connectivity index (χ0n) is 11.7. The highest BCUT2D eigenvalue weighted by Gasteiger charge is 2.37. The Balaban J connectivity index is 2.21. The van der Waals surface area contributed by atoms with Crippen LogP contribution in [0.3, 0.4) is 0 Å². The summed E-state index contributed by atoms with van der Waals surface area (Å²) in [5, 5.41) is 2.81. The smallest absolute Gasteiger partial charge is 0.246 e. The van der Waals surface area contributed by atoms with Gasteiger partial charge >= 0.3 is 0 Å². The maximum absolute atomic E-state index is 12.5. The number of hydrogen-bond acceptors (Lipinski definition) is 2. The number of amides is 2. The fraction of sp³-hybridized carbons (Fsp3) is 0.467. The molecule has 0 spiro atoms. The highest BCUT2D eigenvalue weighted by molar-refractivity contribution is 9.10. The maximum atomic E-state index is 12.5. The predicted molar refractivity (Wildman–Crippen MR) is 81.0 cm³/mol. The summed E-state index contributed by atoms with van der Waals surface area (Å²) in [6.45, 7) is 4.23. The number of nitrogens with zero attached hydrogens (tertiary/aromatic N) is 1. The molecule has 0 aromatic heterocycles. The monoisotopic (exact) mass is 338 g/mol. The van der Waals surface area contributed by atoms with E-state index < -0.39 is 6.04 Å². The van der Waals surface area contributed by atoms with Crippen LogP contribution < -0.4 is 5.32 Å². The summed E-state index contributed by atoms with van der Waals surface area (Å²) in [4.78, 5) is 26.1. The van der Waals surface area contributed by atoms with Crippen molar-refractivity contribution in [3.05, 3.63) is 34.3 Å². The van der Waals surface area contributed by atoms with E-state index >= 15 is 0 Å². The summed E-state index contributed by atoms with van der Waals surface area (Å²) in [6, 6.07) is 6.96. The van der Waals surface area contributed by atoms with E-state index in [0.717, 1.165) is 16.5 Å². The second-order valence-corrected chi connectivity index (χ2v) is 5.94. The third-order valence-corrected chi connectivity index (χ3v) is 4.39. The maximum Gasteiger partial charge on any atom is 0.246 e. The van der Waals surface area contributed by atoms with Crippen molar-refractivity contribution in [2.45, 2.75) is 45.3 Å². The van der Waals surface area contributed by atoms with Crippen molar-refractivity contribution >= 4 is 27.7 Å². The molecule has 1 fully saturated rings. The Morgan fingerprint density at radius 2 is 2.00 bits per heavy atom. The number of rotatable bonds is 4. The predicted octanol–water partition coefficient (Wildman–Crippen LogP) is 2.46. The molecular formula is C15H19BrN2O2. The first kappa shape index (κ1) is 15.0.